The van der Waals surface area contributed by atoms with E-state index in [9.17, 15) is 13.2 Å². The number of carbonyl (C=O) groups is 1. The van der Waals surface area contributed by atoms with Gasteiger partial charge in [0, 0.05) is 10.6 Å². The first kappa shape index (κ1) is 24.1. The van der Waals surface area contributed by atoms with E-state index in [1.54, 1.807) is 24.3 Å². The molecule has 0 atom stereocenters. The lowest BCUT2D eigenvalue weighted by molar-refractivity contribution is 0.0981. The molecule has 2 aromatic carbocycles. The van der Waals surface area contributed by atoms with Crippen molar-refractivity contribution in [1.82, 2.24) is 14.3 Å². The summed E-state index contributed by atoms with van der Waals surface area (Å²) in [7, 11) is -3.67. The van der Waals surface area contributed by atoms with E-state index in [1.165, 1.54) is 0 Å². The Balaban J connectivity index is 1.86. The molecule has 0 spiro atoms. The predicted octanol–water partition coefficient (Wildman–Crippen LogP) is 4.69. The molecule has 1 aromatic heterocycles. The molecule has 0 radical (unpaired) electrons. The SMILES string of the molecule is CCCCCS(=O)(=O)NC(=O)c1ccc2nc(C)n(Cc3ccc(OCC)cc3Cl)c2c1. The van der Waals surface area contributed by atoms with Gasteiger partial charge in [-0.3, -0.25) is 4.79 Å². The fourth-order valence-electron chi connectivity index (χ4n) is 3.46. The van der Waals surface area contributed by atoms with E-state index < -0.39 is 15.9 Å². The van der Waals surface area contributed by atoms with E-state index in [0.29, 0.717) is 35.9 Å². The number of carbonyl (C=O) groups excluding carboxylic acids is 1. The molecule has 1 amide bonds. The number of benzene rings is 2. The number of sulfonamides is 1. The molecule has 172 valence electrons. The lowest BCUT2D eigenvalue weighted by atomic mass is 10.1. The number of aromatic nitrogens is 2. The van der Waals surface area contributed by atoms with E-state index in [0.717, 1.165) is 29.7 Å². The Kier molecular flexibility index (Phi) is 7.79. The highest BCUT2D eigenvalue weighted by atomic mass is 35.5. The third-order valence-corrected chi connectivity index (χ3v) is 6.80. The van der Waals surface area contributed by atoms with Crippen molar-refractivity contribution in [2.24, 2.45) is 0 Å². The number of hydrogen-bond donors (Lipinski definition) is 1. The van der Waals surface area contributed by atoms with Crippen LogP contribution >= 0.6 is 11.6 Å². The molecular formula is C23H28ClN3O4S. The number of fused-ring (bicyclic) bond motifs is 1. The summed E-state index contributed by atoms with van der Waals surface area (Å²) in [6.07, 6.45) is 2.22. The Morgan fingerprint density at radius 1 is 1.16 bits per heavy atom. The summed E-state index contributed by atoms with van der Waals surface area (Å²) in [6, 6.07) is 10.5. The monoisotopic (exact) mass is 477 g/mol. The van der Waals surface area contributed by atoms with Gasteiger partial charge in [0.25, 0.3) is 5.91 Å². The van der Waals surface area contributed by atoms with Gasteiger partial charge in [-0.25, -0.2) is 18.1 Å². The molecule has 0 bridgehead atoms. The highest BCUT2D eigenvalue weighted by Gasteiger charge is 2.18. The standard InChI is InChI=1S/C23H28ClN3O4S/c1-4-6-7-12-32(29,30)26-23(28)17-9-11-21-22(13-17)27(16(3)25-21)15-18-8-10-19(31-5-2)14-20(18)24/h8-11,13-14H,4-7,12,15H2,1-3H3,(H,26,28). The maximum atomic E-state index is 12.6. The van der Waals surface area contributed by atoms with Crippen LogP contribution in [0.3, 0.4) is 0 Å². The number of halogens is 1. The second-order valence-electron chi connectivity index (χ2n) is 7.59. The Hall–Kier alpha value is -2.58. The number of unbranched alkanes of at least 4 members (excludes halogenated alkanes) is 2. The summed E-state index contributed by atoms with van der Waals surface area (Å²) in [5, 5.41) is 0.573. The van der Waals surface area contributed by atoms with Crippen LogP contribution in [0.1, 0.15) is 54.9 Å². The molecule has 0 saturated heterocycles. The molecule has 0 aliphatic rings. The van der Waals surface area contributed by atoms with Gasteiger partial charge in [-0.2, -0.15) is 0 Å². The summed E-state index contributed by atoms with van der Waals surface area (Å²) in [5.41, 5.74) is 2.58. The lowest BCUT2D eigenvalue weighted by Crippen LogP contribution is -2.32. The first-order valence-electron chi connectivity index (χ1n) is 10.7. The van der Waals surface area contributed by atoms with Crippen LogP contribution in [-0.4, -0.2) is 36.2 Å². The number of amides is 1. The van der Waals surface area contributed by atoms with Crippen LogP contribution in [-0.2, 0) is 16.6 Å². The molecule has 0 aliphatic carbocycles. The van der Waals surface area contributed by atoms with Crippen molar-refractivity contribution in [2.75, 3.05) is 12.4 Å². The predicted molar refractivity (Wildman–Crippen MR) is 127 cm³/mol. The third kappa shape index (κ3) is 5.81. The minimum absolute atomic E-state index is 0.0674. The molecule has 3 aromatic rings. The Morgan fingerprint density at radius 2 is 1.94 bits per heavy atom. The number of rotatable bonds is 10. The second-order valence-corrected chi connectivity index (χ2v) is 9.84. The molecule has 0 fully saturated rings. The number of imidazole rings is 1. The summed E-state index contributed by atoms with van der Waals surface area (Å²) in [6.45, 7) is 6.79. The molecule has 3 rings (SSSR count). The third-order valence-electron chi connectivity index (χ3n) is 5.13. The van der Waals surface area contributed by atoms with Crippen LogP contribution in [0.5, 0.6) is 5.75 Å². The van der Waals surface area contributed by atoms with Gasteiger partial charge in [0.1, 0.15) is 11.6 Å². The van der Waals surface area contributed by atoms with Gasteiger partial charge < -0.3 is 9.30 Å². The Morgan fingerprint density at radius 3 is 2.62 bits per heavy atom. The van der Waals surface area contributed by atoms with E-state index in [2.05, 4.69) is 9.71 Å². The Bertz CT molecular complexity index is 1220. The minimum atomic E-state index is -3.67. The van der Waals surface area contributed by atoms with Crippen LogP contribution in [0.2, 0.25) is 5.02 Å². The average Bonchev–Trinajstić information content (AvgIpc) is 3.04. The van der Waals surface area contributed by atoms with Crippen LogP contribution in [0.4, 0.5) is 0 Å². The van der Waals surface area contributed by atoms with Crippen molar-refractivity contribution < 1.29 is 17.9 Å². The van der Waals surface area contributed by atoms with Crippen LogP contribution in [0.15, 0.2) is 36.4 Å². The van der Waals surface area contributed by atoms with Crippen molar-refractivity contribution in [3.05, 3.63) is 58.4 Å². The number of hydrogen-bond acceptors (Lipinski definition) is 5. The highest BCUT2D eigenvalue weighted by Crippen LogP contribution is 2.26. The molecule has 32 heavy (non-hydrogen) atoms. The van der Waals surface area contributed by atoms with Gasteiger partial charge >= 0.3 is 0 Å². The molecule has 1 heterocycles. The largest absolute Gasteiger partial charge is 0.494 e. The quantitative estimate of drug-likeness (QED) is 0.427. The summed E-state index contributed by atoms with van der Waals surface area (Å²) < 4.78 is 34.0. The first-order valence-corrected chi connectivity index (χ1v) is 12.7. The highest BCUT2D eigenvalue weighted by molar-refractivity contribution is 7.90. The summed E-state index contributed by atoms with van der Waals surface area (Å²) in [4.78, 5) is 17.2. The summed E-state index contributed by atoms with van der Waals surface area (Å²) >= 11 is 6.45. The van der Waals surface area contributed by atoms with E-state index >= 15 is 0 Å². The molecule has 1 N–H and O–H groups in total. The first-order chi connectivity index (χ1) is 15.2. The van der Waals surface area contributed by atoms with Gasteiger partial charge in [0.05, 0.1) is 29.9 Å². The fraction of sp³-hybridized carbons (Fsp3) is 0.391. The van der Waals surface area contributed by atoms with Crippen molar-refractivity contribution in [3.63, 3.8) is 0 Å². The maximum absolute atomic E-state index is 12.6. The van der Waals surface area contributed by atoms with E-state index in [1.807, 2.05) is 37.5 Å². The van der Waals surface area contributed by atoms with Crippen molar-refractivity contribution in [1.29, 1.82) is 0 Å². The minimum Gasteiger partial charge on any atom is -0.494 e. The van der Waals surface area contributed by atoms with Crippen molar-refractivity contribution >= 4 is 38.6 Å². The number of ether oxygens (including phenoxy) is 1. The van der Waals surface area contributed by atoms with Gasteiger partial charge in [0.2, 0.25) is 10.0 Å². The fourth-order valence-corrected chi connectivity index (χ4v) is 4.78. The smallest absolute Gasteiger partial charge is 0.264 e. The van der Waals surface area contributed by atoms with Gasteiger partial charge in [-0.05, 0) is 56.2 Å². The van der Waals surface area contributed by atoms with Crippen LogP contribution in [0, 0.1) is 6.92 Å². The van der Waals surface area contributed by atoms with Gasteiger partial charge in [-0.15, -0.1) is 0 Å². The molecular weight excluding hydrogens is 450 g/mol. The summed E-state index contributed by atoms with van der Waals surface area (Å²) in [5.74, 6) is 0.748. The van der Waals surface area contributed by atoms with E-state index in [-0.39, 0.29) is 11.3 Å². The van der Waals surface area contributed by atoms with Crippen molar-refractivity contribution in [3.8, 4) is 5.75 Å². The zero-order chi connectivity index (χ0) is 23.3. The Labute approximate surface area is 193 Å². The van der Waals surface area contributed by atoms with Gasteiger partial charge in [0.15, 0.2) is 0 Å². The van der Waals surface area contributed by atoms with Crippen LogP contribution in [0.25, 0.3) is 11.0 Å². The average molecular weight is 478 g/mol. The molecule has 0 aliphatic heterocycles. The van der Waals surface area contributed by atoms with Crippen molar-refractivity contribution in [2.45, 2.75) is 46.6 Å². The van der Waals surface area contributed by atoms with E-state index in [4.69, 9.17) is 16.3 Å². The zero-order valence-corrected chi connectivity index (χ0v) is 20.1. The number of nitrogens with one attached hydrogen (secondary N) is 1. The topological polar surface area (TPSA) is 90.3 Å². The molecule has 0 unspecified atom stereocenters. The molecule has 9 heteroatoms. The van der Waals surface area contributed by atoms with Gasteiger partial charge in [-0.1, -0.05) is 37.4 Å². The normalized spacial score (nSPS) is 11.6. The van der Waals surface area contributed by atoms with Crippen LogP contribution < -0.4 is 9.46 Å². The lowest BCUT2D eigenvalue weighted by Gasteiger charge is -2.11. The maximum Gasteiger partial charge on any atom is 0.264 e. The molecule has 7 nitrogen and oxygen atoms in total. The molecule has 0 saturated carbocycles. The zero-order valence-electron chi connectivity index (χ0n) is 18.5. The number of nitrogens with zero attached hydrogens (tertiary/aromatic N) is 2. The number of aryl methyl sites for hydroxylation is 1. The second kappa shape index (κ2) is 10.4.